The normalized spacial score (nSPS) is 16.4. The number of hydrogen-bond donors (Lipinski definition) is 1. The van der Waals surface area contributed by atoms with Crippen molar-refractivity contribution in [1.29, 1.82) is 0 Å². The summed E-state index contributed by atoms with van der Waals surface area (Å²) in [6, 6.07) is 0. The number of aryl methyl sites for hydroxylation is 1. The van der Waals surface area contributed by atoms with Crippen molar-refractivity contribution in [2.24, 2.45) is 4.99 Å². The molecule has 1 aromatic heterocycles. The Morgan fingerprint density at radius 1 is 1.38 bits per heavy atom. The van der Waals surface area contributed by atoms with Crippen molar-refractivity contribution in [3.05, 3.63) is 5.82 Å². The van der Waals surface area contributed by atoms with Gasteiger partial charge in [0.1, 0.15) is 5.82 Å². The molecule has 1 aliphatic heterocycles. The molecule has 0 aromatic carbocycles. The lowest BCUT2D eigenvalue weighted by Gasteiger charge is -2.36. The maximum atomic E-state index is 4.57. The molecular formula is C13H24N6S2. The number of thioether (sulfide) groups is 1. The number of hydrogen-bond acceptors (Lipinski definition) is 6. The van der Waals surface area contributed by atoms with Gasteiger partial charge in [0.2, 0.25) is 5.13 Å². The SMILES string of the molecule is CCc1nsc(N2CCN(C(=NC)NCCSC)CC2)n1. The van der Waals surface area contributed by atoms with E-state index in [-0.39, 0.29) is 0 Å². The first-order valence-corrected chi connectivity index (χ1v) is 9.47. The molecule has 1 aliphatic rings. The van der Waals surface area contributed by atoms with Crippen LogP contribution in [0.25, 0.3) is 0 Å². The third kappa shape index (κ3) is 4.47. The second-order valence-electron chi connectivity index (χ2n) is 4.79. The average Bonchev–Trinajstić information content (AvgIpc) is 3.01. The van der Waals surface area contributed by atoms with Crippen molar-refractivity contribution in [2.45, 2.75) is 13.3 Å². The van der Waals surface area contributed by atoms with Gasteiger partial charge in [-0.1, -0.05) is 6.92 Å². The monoisotopic (exact) mass is 328 g/mol. The molecule has 2 rings (SSSR count). The number of piperazine rings is 1. The number of rotatable bonds is 5. The largest absolute Gasteiger partial charge is 0.355 e. The van der Waals surface area contributed by atoms with Crippen molar-refractivity contribution in [2.75, 3.05) is 56.7 Å². The van der Waals surface area contributed by atoms with E-state index in [9.17, 15) is 0 Å². The summed E-state index contributed by atoms with van der Waals surface area (Å²) in [4.78, 5) is 13.6. The summed E-state index contributed by atoms with van der Waals surface area (Å²) < 4.78 is 4.37. The molecule has 0 saturated carbocycles. The highest BCUT2D eigenvalue weighted by Crippen LogP contribution is 2.19. The van der Waals surface area contributed by atoms with Gasteiger partial charge in [-0.15, -0.1) is 0 Å². The average molecular weight is 329 g/mol. The molecule has 8 heteroatoms. The Morgan fingerprint density at radius 3 is 2.71 bits per heavy atom. The maximum absolute atomic E-state index is 4.57. The fourth-order valence-electron chi connectivity index (χ4n) is 2.22. The lowest BCUT2D eigenvalue weighted by Crippen LogP contribution is -2.52. The first-order valence-electron chi connectivity index (χ1n) is 7.30. The van der Waals surface area contributed by atoms with Crippen LogP contribution in [0, 0.1) is 0 Å². The van der Waals surface area contributed by atoms with Crippen molar-refractivity contribution >= 4 is 34.4 Å². The lowest BCUT2D eigenvalue weighted by atomic mass is 10.3. The topological polar surface area (TPSA) is 56.7 Å². The number of guanidine groups is 1. The molecule has 0 atom stereocenters. The summed E-state index contributed by atoms with van der Waals surface area (Å²) in [7, 11) is 1.85. The van der Waals surface area contributed by atoms with E-state index in [0.29, 0.717) is 0 Å². The summed E-state index contributed by atoms with van der Waals surface area (Å²) in [5.74, 6) is 3.06. The number of aromatic nitrogens is 2. The van der Waals surface area contributed by atoms with Gasteiger partial charge in [-0.3, -0.25) is 4.99 Å². The molecule has 118 valence electrons. The van der Waals surface area contributed by atoms with Gasteiger partial charge >= 0.3 is 0 Å². The minimum absolute atomic E-state index is 0.905. The highest BCUT2D eigenvalue weighted by molar-refractivity contribution is 7.98. The van der Waals surface area contributed by atoms with Crippen LogP contribution in [-0.2, 0) is 6.42 Å². The van der Waals surface area contributed by atoms with E-state index in [0.717, 1.165) is 61.8 Å². The van der Waals surface area contributed by atoms with Crippen molar-refractivity contribution < 1.29 is 0 Å². The van der Waals surface area contributed by atoms with Crippen LogP contribution in [0.5, 0.6) is 0 Å². The summed E-state index contributed by atoms with van der Waals surface area (Å²) in [5, 5.41) is 4.47. The summed E-state index contributed by atoms with van der Waals surface area (Å²) in [6.45, 7) is 6.95. The van der Waals surface area contributed by atoms with Crippen LogP contribution < -0.4 is 10.2 Å². The quantitative estimate of drug-likeness (QED) is 0.497. The van der Waals surface area contributed by atoms with E-state index in [1.807, 2.05) is 18.8 Å². The zero-order chi connectivity index (χ0) is 15.1. The highest BCUT2D eigenvalue weighted by atomic mass is 32.2. The zero-order valence-electron chi connectivity index (χ0n) is 13.0. The van der Waals surface area contributed by atoms with Crippen LogP contribution in [-0.4, -0.2) is 72.0 Å². The third-order valence-corrected chi connectivity index (χ3v) is 4.85. The van der Waals surface area contributed by atoms with Gasteiger partial charge < -0.3 is 15.1 Å². The van der Waals surface area contributed by atoms with Gasteiger partial charge in [-0.25, -0.2) is 4.98 Å². The Bertz CT molecular complexity index is 453. The minimum atomic E-state index is 0.905. The van der Waals surface area contributed by atoms with E-state index < -0.39 is 0 Å². The van der Waals surface area contributed by atoms with Crippen LogP contribution in [0.3, 0.4) is 0 Å². The van der Waals surface area contributed by atoms with Crippen LogP contribution in [0.2, 0.25) is 0 Å². The second kappa shape index (κ2) is 8.43. The molecule has 1 saturated heterocycles. The van der Waals surface area contributed by atoms with Gasteiger partial charge in [-0.2, -0.15) is 16.1 Å². The zero-order valence-corrected chi connectivity index (χ0v) is 14.6. The number of aliphatic imine (C=N–C) groups is 1. The predicted molar refractivity (Wildman–Crippen MR) is 92.8 cm³/mol. The van der Waals surface area contributed by atoms with E-state index >= 15 is 0 Å². The maximum Gasteiger partial charge on any atom is 0.205 e. The fourth-order valence-corrected chi connectivity index (χ4v) is 3.33. The Morgan fingerprint density at radius 2 is 2.14 bits per heavy atom. The number of anilines is 1. The summed E-state index contributed by atoms with van der Waals surface area (Å²) >= 11 is 3.36. The predicted octanol–water partition coefficient (Wildman–Crippen LogP) is 1.16. The highest BCUT2D eigenvalue weighted by Gasteiger charge is 2.21. The summed E-state index contributed by atoms with van der Waals surface area (Å²) in [6.07, 6.45) is 3.03. The molecule has 0 amide bonds. The molecule has 1 aromatic rings. The molecule has 0 unspecified atom stereocenters. The smallest absolute Gasteiger partial charge is 0.205 e. The molecule has 2 heterocycles. The Hall–Kier alpha value is -1.02. The fraction of sp³-hybridized carbons (Fsp3) is 0.769. The van der Waals surface area contributed by atoms with Crippen molar-refractivity contribution in [1.82, 2.24) is 19.6 Å². The van der Waals surface area contributed by atoms with E-state index in [1.54, 1.807) is 0 Å². The molecule has 6 nitrogen and oxygen atoms in total. The van der Waals surface area contributed by atoms with Gasteiger partial charge in [-0.05, 0) is 6.26 Å². The third-order valence-electron chi connectivity index (χ3n) is 3.42. The molecule has 1 fully saturated rings. The van der Waals surface area contributed by atoms with E-state index in [2.05, 4.69) is 42.6 Å². The first-order chi connectivity index (χ1) is 10.3. The molecule has 0 radical (unpaired) electrons. The van der Waals surface area contributed by atoms with Crippen LogP contribution >= 0.6 is 23.3 Å². The van der Waals surface area contributed by atoms with Gasteiger partial charge in [0.05, 0.1) is 0 Å². The molecule has 21 heavy (non-hydrogen) atoms. The molecule has 1 N–H and O–H groups in total. The number of nitrogens with one attached hydrogen (secondary N) is 1. The molecule has 0 bridgehead atoms. The molecule has 0 spiro atoms. The first kappa shape index (κ1) is 16.4. The van der Waals surface area contributed by atoms with E-state index in [1.165, 1.54) is 11.5 Å². The van der Waals surface area contributed by atoms with Crippen LogP contribution in [0.4, 0.5) is 5.13 Å². The van der Waals surface area contributed by atoms with Crippen LogP contribution in [0.15, 0.2) is 4.99 Å². The van der Waals surface area contributed by atoms with Crippen molar-refractivity contribution in [3.8, 4) is 0 Å². The number of nitrogens with zero attached hydrogens (tertiary/aromatic N) is 5. The van der Waals surface area contributed by atoms with Gasteiger partial charge in [0, 0.05) is 63.5 Å². The summed E-state index contributed by atoms with van der Waals surface area (Å²) in [5.41, 5.74) is 0. The Balaban J connectivity index is 1.84. The lowest BCUT2D eigenvalue weighted by molar-refractivity contribution is 0.373. The second-order valence-corrected chi connectivity index (χ2v) is 6.50. The van der Waals surface area contributed by atoms with Gasteiger partial charge in [0.15, 0.2) is 5.96 Å². The van der Waals surface area contributed by atoms with E-state index in [4.69, 9.17) is 0 Å². The molecule has 0 aliphatic carbocycles. The Kier molecular flexibility index (Phi) is 6.56. The van der Waals surface area contributed by atoms with Crippen LogP contribution in [0.1, 0.15) is 12.7 Å². The van der Waals surface area contributed by atoms with Gasteiger partial charge in [0.25, 0.3) is 0 Å². The minimum Gasteiger partial charge on any atom is -0.355 e. The molecular weight excluding hydrogens is 304 g/mol. The standard InChI is InChI=1S/C13H24N6S2/c1-4-11-16-13(21-17-11)19-8-6-18(7-9-19)12(14-2)15-5-10-20-3/h4-10H2,1-3H3,(H,14,15). The Labute approximate surface area is 135 Å². The van der Waals surface area contributed by atoms with Crippen molar-refractivity contribution in [3.63, 3.8) is 0 Å².